The van der Waals surface area contributed by atoms with Crippen LogP contribution in [0, 0.1) is 0 Å². The molecule has 0 bridgehead atoms. The van der Waals surface area contributed by atoms with Crippen molar-refractivity contribution in [1.82, 2.24) is 4.90 Å². The number of benzene rings is 2. The summed E-state index contributed by atoms with van der Waals surface area (Å²) in [5.41, 5.74) is 2.10. The molecule has 0 fully saturated rings. The fraction of sp³-hybridized carbons (Fsp3) is 0.278. The number of urea groups is 1. The Balaban J connectivity index is 2.05. The Hall–Kier alpha value is -2.54. The number of sulfonamides is 1. The summed E-state index contributed by atoms with van der Waals surface area (Å²) in [7, 11) is -3.32. The summed E-state index contributed by atoms with van der Waals surface area (Å²) >= 11 is 0. The van der Waals surface area contributed by atoms with Gasteiger partial charge in [0, 0.05) is 24.0 Å². The van der Waals surface area contributed by atoms with E-state index in [1.54, 1.807) is 29.2 Å². The second-order valence-corrected chi connectivity index (χ2v) is 7.84. The van der Waals surface area contributed by atoms with Crippen molar-refractivity contribution in [2.75, 3.05) is 16.3 Å². The van der Waals surface area contributed by atoms with Crippen LogP contribution in [0.5, 0.6) is 0 Å². The summed E-state index contributed by atoms with van der Waals surface area (Å²) in [6, 6.07) is 16.1. The third-order valence-electron chi connectivity index (χ3n) is 3.52. The van der Waals surface area contributed by atoms with Crippen molar-refractivity contribution in [2.24, 2.45) is 0 Å². The number of nitrogens with one attached hydrogen (secondary N) is 2. The number of amides is 2. The number of hydrogen-bond donors (Lipinski definition) is 2. The van der Waals surface area contributed by atoms with Crippen LogP contribution in [0.1, 0.15) is 19.4 Å². The first-order valence-electron chi connectivity index (χ1n) is 7.94. The first kappa shape index (κ1) is 18.8. The maximum Gasteiger partial charge on any atom is 0.322 e. The topological polar surface area (TPSA) is 78.5 Å². The molecule has 2 rings (SSSR count). The molecule has 0 aromatic heterocycles. The minimum Gasteiger partial charge on any atom is -0.318 e. The lowest BCUT2D eigenvalue weighted by atomic mass is 10.2. The largest absolute Gasteiger partial charge is 0.322 e. The predicted molar refractivity (Wildman–Crippen MR) is 101 cm³/mol. The molecule has 2 aromatic rings. The van der Waals surface area contributed by atoms with Crippen molar-refractivity contribution >= 4 is 27.4 Å². The molecular weight excluding hydrogens is 338 g/mol. The van der Waals surface area contributed by atoms with Crippen LogP contribution in [-0.4, -0.2) is 31.6 Å². The van der Waals surface area contributed by atoms with Crippen molar-refractivity contribution in [3.05, 3.63) is 60.2 Å². The fourth-order valence-electron chi connectivity index (χ4n) is 2.30. The molecule has 6 nitrogen and oxygen atoms in total. The van der Waals surface area contributed by atoms with E-state index in [0.717, 1.165) is 11.8 Å². The summed E-state index contributed by atoms with van der Waals surface area (Å²) < 4.78 is 24.8. The van der Waals surface area contributed by atoms with E-state index in [4.69, 9.17) is 0 Å². The summed E-state index contributed by atoms with van der Waals surface area (Å²) in [6.45, 7) is 4.43. The van der Waals surface area contributed by atoms with Crippen LogP contribution in [0.15, 0.2) is 54.6 Å². The maximum atomic E-state index is 12.6. The predicted octanol–water partition coefficient (Wildman–Crippen LogP) is 3.50. The Labute approximate surface area is 148 Å². The Morgan fingerprint density at radius 2 is 1.56 bits per heavy atom. The van der Waals surface area contributed by atoms with Crippen LogP contribution >= 0.6 is 0 Å². The van der Waals surface area contributed by atoms with E-state index in [1.165, 1.54) is 0 Å². The zero-order valence-corrected chi connectivity index (χ0v) is 15.4. The zero-order chi connectivity index (χ0) is 18.4. The standard InChI is InChI=1S/C18H23N3O3S/c1-14(2)21(13-15-7-5-4-6-8-15)18(22)19-16-9-11-17(12-10-16)20-25(3,23)24/h4-12,14,20H,13H2,1-3H3,(H,19,22). The highest BCUT2D eigenvalue weighted by molar-refractivity contribution is 7.92. The van der Waals surface area contributed by atoms with Crippen LogP contribution in [0.25, 0.3) is 0 Å². The molecule has 0 aliphatic carbocycles. The van der Waals surface area contributed by atoms with Gasteiger partial charge in [-0.25, -0.2) is 13.2 Å². The highest BCUT2D eigenvalue weighted by Gasteiger charge is 2.17. The van der Waals surface area contributed by atoms with E-state index in [-0.39, 0.29) is 12.1 Å². The van der Waals surface area contributed by atoms with Gasteiger partial charge in [0.05, 0.1) is 6.26 Å². The van der Waals surface area contributed by atoms with Crippen LogP contribution < -0.4 is 10.0 Å². The van der Waals surface area contributed by atoms with Crippen molar-refractivity contribution in [3.63, 3.8) is 0 Å². The van der Waals surface area contributed by atoms with E-state index in [1.807, 2.05) is 44.2 Å². The van der Waals surface area contributed by atoms with Gasteiger partial charge in [-0.2, -0.15) is 0 Å². The van der Waals surface area contributed by atoms with Gasteiger partial charge in [0.1, 0.15) is 0 Å². The highest BCUT2D eigenvalue weighted by Crippen LogP contribution is 2.16. The molecule has 0 aliphatic heterocycles. The molecule has 0 heterocycles. The Morgan fingerprint density at radius 1 is 1.00 bits per heavy atom. The third kappa shape index (κ3) is 6.11. The van der Waals surface area contributed by atoms with Gasteiger partial charge in [0.15, 0.2) is 0 Å². The van der Waals surface area contributed by atoms with Gasteiger partial charge in [-0.3, -0.25) is 4.72 Å². The molecule has 134 valence electrons. The first-order chi connectivity index (χ1) is 11.7. The molecule has 0 aliphatic rings. The lowest BCUT2D eigenvalue weighted by molar-refractivity contribution is 0.193. The van der Waals surface area contributed by atoms with Gasteiger partial charge in [-0.05, 0) is 43.7 Å². The van der Waals surface area contributed by atoms with Crippen LogP contribution in [-0.2, 0) is 16.6 Å². The molecule has 2 N–H and O–H groups in total. The average molecular weight is 361 g/mol. The summed E-state index contributed by atoms with van der Waals surface area (Å²) in [5.74, 6) is 0. The lowest BCUT2D eigenvalue weighted by Gasteiger charge is -2.27. The third-order valence-corrected chi connectivity index (χ3v) is 4.13. The molecule has 0 atom stereocenters. The first-order valence-corrected chi connectivity index (χ1v) is 9.83. The summed E-state index contributed by atoms with van der Waals surface area (Å²) in [6.07, 6.45) is 1.09. The molecule has 0 unspecified atom stereocenters. The van der Waals surface area contributed by atoms with E-state index in [0.29, 0.717) is 17.9 Å². The Morgan fingerprint density at radius 3 is 2.08 bits per heavy atom. The van der Waals surface area contributed by atoms with E-state index in [9.17, 15) is 13.2 Å². The number of anilines is 2. The molecule has 0 saturated carbocycles. The SMILES string of the molecule is CC(C)N(Cc1ccccc1)C(=O)Nc1ccc(NS(C)(=O)=O)cc1. The number of nitrogens with zero attached hydrogens (tertiary/aromatic N) is 1. The lowest BCUT2D eigenvalue weighted by Crippen LogP contribution is -2.39. The fourth-order valence-corrected chi connectivity index (χ4v) is 2.86. The molecule has 7 heteroatoms. The molecule has 2 amide bonds. The quantitative estimate of drug-likeness (QED) is 0.826. The number of carbonyl (C=O) groups is 1. The average Bonchev–Trinajstić information content (AvgIpc) is 2.53. The summed E-state index contributed by atoms with van der Waals surface area (Å²) in [4.78, 5) is 14.3. The van der Waals surface area contributed by atoms with Gasteiger partial charge in [0.25, 0.3) is 0 Å². The number of carbonyl (C=O) groups excluding carboxylic acids is 1. The monoisotopic (exact) mass is 361 g/mol. The second kappa shape index (κ2) is 8.02. The molecular formula is C18H23N3O3S. The maximum absolute atomic E-state index is 12.6. The van der Waals surface area contributed by atoms with Gasteiger partial charge >= 0.3 is 6.03 Å². The number of rotatable bonds is 6. The van der Waals surface area contributed by atoms with Gasteiger partial charge in [-0.1, -0.05) is 30.3 Å². The molecule has 0 saturated heterocycles. The van der Waals surface area contributed by atoms with Crippen LogP contribution in [0.2, 0.25) is 0 Å². The van der Waals surface area contributed by atoms with Crippen LogP contribution in [0.3, 0.4) is 0 Å². The van der Waals surface area contributed by atoms with Crippen LogP contribution in [0.4, 0.5) is 16.2 Å². The van der Waals surface area contributed by atoms with Crippen molar-refractivity contribution in [1.29, 1.82) is 0 Å². The smallest absolute Gasteiger partial charge is 0.318 e. The molecule has 0 radical (unpaired) electrons. The van der Waals surface area contributed by atoms with E-state index >= 15 is 0 Å². The summed E-state index contributed by atoms with van der Waals surface area (Å²) in [5, 5.41) is 2.84. The highest BCUT2D eigenvalue weighted by atomic mass is 32.2. The molecule has 25 heavy (non-hydrogen) atoms. The van der Waals surface area contributed by atoms with Gasteiger partial charge < -0.3 is 10.2 Å². The normalized spacial score (nSPS) is 11.2. The second-order valence-electron chi connectivity index (χ2n) is 6.09. The van der Waals surface area contributed by atoms with E-state index in [2.05, 4.69) is 10.0 Å². The number of hydrogen-bond acceptors (Lipinski definition) is 3. The zero-order valence-electron chi connectivity index (χ0n) is 14.6. The Bertz CT molecular complexity index is 803. The molecule has 0 spiro atoms. The van der Waals surface area contributed by atoms with Gasteiger partial charge in [-0.15, -0.1) is 0 Å². The Kier molecular flexibility index (Phi) is 6.03. The minimum absolute atomic E-state index is 0.0337. The minimum atomic E-state index is -3.32. The van der Waals surface area contributed by atoms with E-state index < -0.39 is 10.0 Å². The van der Waals surface area contributed by atoms with Crippen molar-refractivity contribution < 1.29 is 13.2 Å². The molecule has 2 aromatic carbocycles. The van der Waals surface area contributed by atoms with Crippen molar-refractivity contribution in [2.45, 2.75) is 26.4 Å². The van der Waals surface area contributed by atoms with Gasteiger partial charge in [0.2, 0.25) is 10.0 Å². The van der Waals surface area contributed by atoms with Crippen molar-refractivity contribution in [3.8, 4) is 0 Å².